The molecule has 1 unspecified atom stereocenters. The van der Waals surface area contributed by atoms with Crippen molar-refractivity contribution in [3.8, 4) is 5.88 Å². The van der Waals surface area contributed by atoms with Crippen molar-refractivity contribution in [3.63, 3.8) is 0 Å². The molecule has 1 fully saturated rings. The molecule has 0 saturated carbocycles. The van der Waals surface area contributed by atoms with E-state index in [4.69, 9.17) is 4.74 Å². The third-order valence-electron chi connectivity index (χ3n) is 3.67. The van der Waals surface area contributed by atoms with Crippen LogP contribution in [0.2, 0.25) is 0 Å². The highest BCUT2D eigenvalue weighted by Gasteiger charge is 2.29. The van der Waals surface area contributed by atoms with Crippen molar-refractivity contribution in [2.45, 2.75) is 12.5 Å². The average molecular weight is 290 g/mol. The van der Waals surface area contributed by atoms with Crippen LogP contribution in [0.5, 0.6) is 5.88 Å². The smallest absolute Gasteiger partial charge is 0.251 e. The molecule has 0 radical (unpaired) electrons. The van der Waals surface area contributed by atoms with Crippen LogP contribution in [0.4, 0.5) is 8.78 Å². The largest absolute Gasteiger partial charge is 0.467 e. The summed E-state index contributed by atoms with van der Waals surface area (Å²) >= 11 is 0. The van der Waals surface area contributed by atoms with Crippen LogP contribution in [0.1, 0.15) is 18.1 Å². The van der Waals surface area contributed by atoms with Crippen LogP contribution in [-0.4, -0.2) is 18.1 Å². The molecule has 2 atom stereocenters. The van der Waals surface area contributed by atoms with Gasteiger partial charge in [-0.05, 0) is 18.5 Å². The van der Waals surface area contributed by atoms with Crippen molar-refractivity contribution in [1.29, 1.82) is 0 Å². The first kappa shape index (κ1) is 13.9. The molecule has 1 aliphatic heterocycles. The van der Waals surface area contributed by atoms with E-state index < -0.39 is 11.6 Å². The third-order valence-corrected chi connectivity index (χ3v) is 3.67. The highest BCUT2D eigenvalue weighted by molar-refractivity contribution is 5.22. The van der Waals surface area contributed by atoms with Gasteiger partial charge in [-0.1, -0.05) is 30.3 Å². The molecule has 0 aliphatic carbocycles. The lowest BCUT2D eigenvalue weighted by Crippen LogP contribution is -2.22. The standard InChI is InChI=1S/C16H16F2N2O/c17-13-8-14(18)16(20-10-13)21-15(12-6-7-19-9-12)11-4-2-1-3-5-11/h1-5,8,10,12,15,19H,6-7,9H2/t12-,15?/m0/s1. The Balaban J connectivity index is 1.88. The van der Waals surface area contributed by atoms with Gasteiger partial charge in [-0.2, -0.15) is 0 Å². The van der Waals surface area contributed by atoms with Gasteiger partial charge in [-0.15, -0.1) is 0 Å². The van der Waals surface area contributed by atoms with Crippen LogP contribution in [-0.2, 0) is 0 Å². The molecule has 2 heterocycles. The summed E-state index contributed by atoms with van der Waals surface area (Å²) in [5.74, 6) is -1.41. The Hall–Kier alpha value is -2.01. The molecule has 1 aromatic carbocycles. The first-order chi connectivity index (χ1) is 10.2. The predicted octanol–water partition coefficient (Wildman–Crippen LogP) is 3.09. The van der Waals surface area contributed by atoms with E-state index >= 15 is 0 Å². The Morgan fingerprint density at radius 3 is 2.71 bits per heavy atom. The fraction of sp³-hybridized carbons (Fsp3) is 0.312. The molecule has 1 aromatic heterocycles. The van der Waals surface area contributed by atoms with E-state index in [1.165, 1.54) is 0 Å². The van der Waals surface area contributed by atoms with Crippen LogP contribution in [0.15, 0.2) is 42.6 Å². The average Bonchev–Trinajstić information content (AvgIpc) is 3.01. The fourth-order valence-electron chi connectivity index (χ4n) is 2.62. The maximum absolute atomic E-state index is 13.8. The molecule has 0 amide bonds. The minimum absolute atomic E-state index is 0.155. The van der Waals surface area contributed by atoms with Gasteiger partial charge in [0.2, 0.25) is 0 Å². The number of aromatic nitrogens is 1. The Kier molecular flexibility index (Phi) is 4.10. The number of hydrogen-bond acceptors (Lipinski definition) is 3. The van der Waals surface area contributed by atoms with Gasteiger partial charge in [0, 0.05) is 18.5 Å². The van der Waals surface area contributed by atoms with Gasteiger partial charge in [-0.25, -0.2) is 13.8 Å². The summed E-state index contributed by atoms with van der Waals surface area (Å²) in [7, 11) is 0. The first-order valence-electron chi connectivity index (χ1n) is 6.97. The summed E-state index contributed by atoms with van der Waals surface area (Å²) in [6, 6.07) is 10.4. The molecule has 1 N–H and O–H groups in total. The minimum atomic E-state index is -0.776. The number of benzene rings is 1. The Morgan fingerprint density at radius 2 is 2.05 bits per heavy atom. The number of rotatable bonds is 4. The zero-order valence-corrected chi connectivity index (χ0v) is 11.4. The molecule has 0 bridgehead atoms. The zero-order chi connectivity index (χ0) is 14.7. The van der Waals surface area contributed by atoms with Gasteiger partial charge in [0.1, 0.15) is 11.9 Å². The van der Waals surface area contributed by atoms with E-state index in [1.807, 2.05) is 30.3 Å². The van der Waals surface area contributed by atoms with E-state index in [2.05, 4.69) is 10.3 Å². The van der Waals surface area contributed by atoms with Gasteiger partial charge in [-0.3, -0.25) is 0 Å². The molecule has 5 heteroatoms. The maximum atomic E-state index is 13.8. The molecule has 21 heavy (non-hydrogen) atoms. The lowest BCUT2D eigenvalue weighted by Gasteiger charge is -2.24. The van der Waals surface area contributed by atoms with Crippen LogP contribution in [0.25, 0.3) is 0 Å². The van der Waals surface area contributed by atoms with Crippen molar-refractivity contribution in [2.24, 2.45) is 5.92 Å². The summed E-state index contributed by atoms with van der Waals surface area (Å²) in [6.07, 6.45) is 1.61. The zero-order valence-electron chi connectivity index (χ0n) is 11.4. The normalized spacial score (nSPS) is 19.4. The second kappa shape index (κ2) is 6.18. The molecule has 2 aromatic rings. The maximum Gasteiger partial charge on any atom is 0.251 e. The van der Waals surface area contributed by atoms with Gasteiger partial charge in [0.25, 0.3) is 5.88 Å². The molecule has 3 rings (SSSR count). The second-order valence-corrected chi connectivity index (χ2v) is 5.14. The highest BCUT2D eigenvalue weighted by Crippen LogP contribution is 2.32. The Bertz CT molecular complexity index is 600. The predicted molar refractivity (Wildman–Crippen MR) is 74.9 cm³/mol. The van der Waals surface area contributed by atoms with E-state index in [0.29, 0.717) is 0 Å². The van der Waals surface area contributed by atoms with E-state index in [9.17, 15) is 8.78 Å². The van der Waals surface area contributed by atoms with Crippen molar-refractivity contribution in [3.05, 3.63) is 59.8 Å². The number of nitrogens with zero attached hydrogens (tertiary/aromatic N) is 1. The number of ether oxygens (including phenoxy) is 1. The summed E-state index contributed by atoms with van der Waals surface area (Å²) in [4.78, 5) is 3.72. The lowest BCUT2D eigenvalue weighted by molar-refractivity contribution is 0.131. The second-order valence-electron chi connectivity index (χ2n) is 5.14. The summed E-state index contributed by atoms with van der Waals surface area (Å²) in [5, 5.41) is 3.28. The van der Waals surface area contributed by atoms with Crippen molar-refractivity contribution < 1.29 is 13.5 Å². The quantitative estimate of drug-likeness (QED) is 0.939. The molecular formula is C16H16F2N2O. The Labute approximate surface area is 122 Å². The summed E-state index contributed by atoms with van der Waals surface area (Å²) in [6.45, 7) is 1.72. The summed E-state index contributed by atoms with van der Waals surface area (Å²) < 4.78 is 32.5. The third kappa shape index (κ3) is 3.19. The topological polar surface area (TPSA) is 34.1 Å². The minimum Gasteiger partial charge on any atom is -0.467 e. The van der Waals surface area contributed by atoms with Crippen LogP contribution in [0, 0.1) is 17.6 Å². The van der Waals surface area contributed by atoms with Gasteiger partial charge in [0.15, 0.2) is 5.82 Å². The number of nitrogens with one attached hydrogen (secondary N) is 1. The van der Waals surface area contributed by atoms with E-state index in [-0.39, 0.29) is 17.9 Å². The molecule has 1 aliphatic rings. The highest BCUT2D eigenvalue weighted by atomic mass is 19.1. The summed E-state index contributed by atoms with van der Waals surface area (Å²) in [5.41, 5.74) is 0.969. The van der Waals surface area contributed by atoms with E-state index in [1.54, 1.807) is 0 Å². The molecule has 0 spiro atoms. The fourth-order valence-corrected chi connectivity index (χ4v) is 2.62. The van der Waals surface area contributed by atoms with Crippen LogP contribution in [0.3, 0.4) is 0 Å². The van der Waals surface area contributed by atoms with Gasteiger partial charge >= 0.3 is 0 Å². The number of halogens is 2. The van der Waals surface area contributed by atoms with Crippen LogP contribution >= 0.6 is 0 Å². The molecule has 110 valence electrons. The first-order valence-corrected chi connectivity index (χ1v) is 6.97. The van der Waals surface area contributed by atoms with Gasteiger partial charge in [0.05, 0.1) is 6.20 Å². The lowest BCUT2D eigenvalue weighted by atomic mass is 9.95. The van der Waals surface area contributed by atoms with Crippen molar-refractivity contribution in [1.82, 2.24) is 10.3 Å². The number of pyridine rings is 1. The number of hydrogen-bond donors (Lipinski definition) is 1. The van der Waals surface area contributed by atoms with Crippen LogP contribution < -0.4 is 10.1 Å². The Morgan fingerprint density at radius 1 is 1.24 bits per heavy atom. The van der Waals surface area contributed by atoms with Crippen molar-refractivity contribution in [2.75, 3.05) is 13.1 Å². The van der Waals surface area contributed by atoms with Crippen molar-refractivity contribution >= 4 is 0 Å². The molecule has 1 saturated heterocycles. The SMILES string of the molecule is Fc1cnc(OC(c2ccccc2)[C@H]2CCNC2)c(F)c1. The monoisotopic (exact) mass is 290 g/mol. The van der Waals surface area contributed by atoms with Gasteiger partial charge < -0.3 is 10.1 Å². The molecular weight excluding hydrogens is 274 g/mol. The molecule has 3 nitrogen and oxygen atoms in total. The van der Waals surface area contributed by atoms with E-state index in [0.717, 1.165) is 37.3 Å².